The molecule has 0 saturated heterocycles. The second-order valence-corrected chi connectivity index (χ2v) is 7.06. The van der Waals surface area contributed by atoms with E-state index in [0.717, 1.165) is 44.2 Å². The van der Waals surface area contributed by atoms with E-state index in [1.807, 2.05) is 18.2 Å². The average molecular weight is 392 g/mol. The van der Waals surface area contributed by atoms with Crippen LogP contribution in [0.15, 0.2) is 65.7 Å². The molecular weight excluding hydrogens is 362 g/mol. The van der Waals surface area contributed by atoms with Gasteiger partial charge >= 0.3 is 0 Å². The molecule has 0 unspecified atom stereocenters. The number of hydrogen-bond acceptors (Lipinski definition) is 5. The van der Waals surface area contributed by atoms with E-state index in [0.29, 0.717) is 24.7 Å². The minimum atomic E-state index is -0.0369. The van der Waals surface area contributed by atoms with Crippen molar-refractivity contribution in [2.45, 2.75) is 38.6 Å². The summed E-state index contributed by atoms with van der Waals surface area (Å²) in [4.78, 5) is 21.6. The second-order valence-electron chi connectivity index (χ2n) is 7.06. The lowest BCUT2D eigenvalue weighted by Crippen LogP contribution is -2.25. The Balaban J connectivity index is 1.73. The minimum absolute atomic E-state index is 0.0369. The molecule has 0 fully saturated rings. The Bertz CT molecular complexity index is 925. The van der Waals surface area contributed by atoms with Gasteiger partial charge in [0.1, 0.15) is 0 Å². The van der Waals surface area contributed by atoms with Gasteiger partial charge in [-0.2, -0.15) is 0 Å². The van der Waals surface area contributed by atoms with Crippen molar-refractivity contribution in [3.05, 3.63) is 76.8 Å². The molecule has 6 nitrogen and oxygen atoms in total. The highest BCUT2D eigenvalue weighted by Gasteiger charge is 2.10. The third kappa shape index (κ3) is 6.26. The third-order valence-electron chi connectivity index (χ3n) is 4.84. The molecular formula is C23H29N5O. The normalized spacial score (nSPS) is 10.8. The fraction of sp³-hybridized carbons (Fsp3) is 0.348. The van der Waals surface area contributed by atoms with Crippen molar-refractivity contribution in [3.63, 3.8) is 0 Å². The van der Waals surface area contributed by atoms with E-state index in [1.165, 1.54) is 5.56 Å². The van der Waals surface area contributed by atoms with E-state index in [2.05, 4.69) is 34.6 Å². The summed E-state index contributed by atoms with van der Waals surface area (Å²) in [6.45, 7) is 2.08. The number of nitrogens with one attached hydrogen (secondary N) is 1. The summed E-state index contributed by atoms with van der Waals surface area (Å²) in [5.74, 6) is 0.630. The summed E-state index contributed by atoms with van der Waals surface area (Å²) in [7, 11) is 0. The molecule has 0 radical (unpaired) electrons. The maximum absolute atomic E-state index is 12.8. The van der Waals surface area contributed by atoms with Crippen LogP contribution >= 0.6 is 0 Å². The number of aryl methyl sites for hydroxylation is 1. The summed E-state index contributed by atoms with van der Waals surface area (Å²) in [5.41, 5.74) is 8.41. The van der Waals surface area contributed by atoms with Crippen LogP contribution in [-0.4, -0.2) is 27.6 Å². The number of rotatable bonds is 11. The summed E-state index contributed by atoms with van der Waals surface area (Å²) >= 11 is 0. The van der Waals surface area contributed by atoms with Crippen LogP contribution in [0.2, 0.25) is 0 Å². The van der Waals surface area contributed by atoms with Crippen molar-refractivity contribution in [1.29, 1.82) is 0 Å². The highest BCUT2D eigenvalue weighted by atomic mass is 16.1. The number of benzene rings is 1. The van der Waals surface area contributed by atoms with Crippen molar-refractivity contribution in [1.82, 2.24) is 14.5 Å². The standard InChI is InChI=1S/C23H29N5O/c24-13-5-2-6-17-28-22(29)18-21(20-11-15-25-16-12-20)27-23(28)26-14-7-10-19-8-3-1-4-9-19/h1,3-4,8-9,11-12,15-16,18H,2,5-7,10,13-14,17,24H2,(H,26,27). The Morgan fingerprint density at radius 2 is 1.76 bits per heavy atom. The van der Waals surface area contributed by atoms with Gasteiger partial charge in [0.25, 0.3) is 5.56 Å². The van der Waals surface area contributed by atoms with Crippen molar-refractivity contribution >= 4 is 5.95 Å². The Kier molecular flexibility index (Phi) is 7.95. The fourth-order valence-electron chi connectivity index (χ4n) is 3.26. The summed E-state index contributed by atoms with van der Waals surface area (Å²) < 4.78 is 1.74. The van der Waals surface area contributed by atoms with Gasteiger partial charge < -0.3 is 11.1 Å². The van der Waals surface area contributed by atoms with Crippen LogP contribution in [0.3, 0.4) is 0 Å². The van der Waals surface area contributed by atoms with E-state index in [1.54, 1.807) is 23.0 Å². The number of anilines is 1. The van der Waals surface area contributed by atoms with Crippen molar-refractivity contribution in [2.24, 2.45) is 5.73 Å². The number of aromatic nitrogens is 3. The van der Waals surface area contributed by atoms with Gasteiger partial charge in [0.05, 0.1) is 5.69 Å². The molecule has 29 heavy (non-hydrogen) atoms. The van der Waals surface area contributed by atoms with Crippen LogP contribution in [0.1, 0.15) is 31.2 Å². The van der Waals surface area contributed by atoms with Gasteiger partial charge in [-0.1, -0.05) is 36.8 Å². The van der Waals surface area contributed by atoms with Crippen LogP contribution in [0.5, 0.6) is 0 Å². The zero-order valence-corrected chi connectivity index (χ0v) is 16.8. The van der Waals surface area contributed by atoms with E-state index >= 15 is 0 Å². The predicted molar refractivity (Wildman–Crippen MR) is 118 cm³/mol. The van der Waals surface area contributed by atoms with Crippen molar-refractivity contribution in [3.8, 4) is 11.3 Å². The fourth-order valence-corrected chi connectivity index (χ4v) is 3.26. The largest absolute Gasteiger partial charge is 0.356 e. The molecule has 0 saturated carbocycles. The zero-order valence-electron chi connectivity index (χ0n) is 16.8. The Hall–Kier alpha value is -2.99. The highest BCUT2D eigenvalue weighted by molar-refractivity contribution is 5.59. The zero-order chi connectivity index (χ0) is 20.3. The van der Waals surface area contributed by atoms with Crippen LogP contribution in [-0.2, 0) is 13.0 Å². The topological polar surface area (TPSA) is 85.8 Å². The molecule has 0 aliphatic heterocycles. The van der Waals surface area contributed by atoms with Crippen LogP contribution < -0.4 is 16.6 Å². The number of nitrogens with two attached hydrogens (primary N) is 1. The third-order valence-corrected chi connectivity index (χ3v) is 4.84. The monoisotopic (exact) mass is 391 g/mol. The maximum Gasteiger partial charge on any atom is 0.255 e. The van der Waals surface area contributed by atoms with E-state index in [9.17, 15) is 4.79 Å². The molecule has 0 bridgehead atoms. The van der Waals surface area contributed by atoms with Crippen molar-refractivity contribution in [2.75, 3.05) is 18.4 Å². The Labute approximate surface area is 171 Å². The summed E-state index contributed by atoms with van der Waals surface area (Å²) in [5, 5.41) is 3.39. The molecule has 0 aliphatic carbocycles. The molecule has 3 rings (SSSR count). The molecule has 1 aromatic carbocycles. The SMILES string of the molecule is NCCCCCn1c(NCCCc2ccccc2)nc(-c2ccncc2)cc1=O. The Morgan fingerprint density at radius 3 is 2.52 bits per heavy atom. The molecule has 2 heterocycles. The molecule has 0 atom stereocenters. The van der Waals surface area contributed by atoms with E-state index in [-0.39, 0.29) is 5.56 Å². The highest BCUT2D eigenvalue weighted by Crippen LogP contribution is 2.17. The minimum Gasteiger partial charge on any atom is -0.356 e. The van der Waals surface area contributed by atoms with E-state index in [4.69, 9.17) is 10.7 Å². The lowest BCUT2D eigenvalue weighted by atomic mass is 10.1. The van der Waals surface area contributed by atoms with E-state index < -0.39 is 0 Å². The molecule has 152 valence electrons. The molecule has 0 spiro atoms. The molecule has 6 heteroatoms. The summed E-state index contributed by atoms with van der Waals surface area (Å²) in [6, 6.07) is 15.8. The van der Waals surface area contributed by atoms with Crippen LogP contribution in [0, 0.1) is 0 Å². The van der Waals surface area contributed by atoms with Gasteiger partial charge in [0, 0.05) is 37.1 Å². The van der Waals surface area contributed by atoms with Crippen LogP contribution in [0.25, 0.3) is 11.3 Å². The smallest absolute Gasteiger partial charge is 0.255 e. The second kappa shape index (κ2) is 11.1. The predicted octanol–water partition coefficient (Wildman–Crippen LogP) is 3.48. The first-order valence-corrected chi connectivity index (χ1v) is 10.3. The molecule has 2 aromatic heterocycles. The molecule has 0 amide bonds. The molecule has 0 aliphatic rings. The number of hydrogen-bond donors (Lipinski definition) is 2. The van der Waals surface area contributed by atoms with Crippen LogP contribution in [0.4, 0.5) is 5.95 Å². The van der Waals surface area contributed by atoms with Gasteiger partial charge in [0.2, 0.25) is 5.95 Å². The van der Waals surface area contributed by atoms with Crippen molar-refractivity contribution < 1.29 is 0 Å². The summed E-state index contributed by atoms with van der Waals surface area (Å²) in [6.07, 6.45) is 8.25. The molecule has 3 aromatic rings. The first-order valence-electron chi connectivity index (χ1n) is 10.3. The van der Waals surface area contributed by atoms with Gasteiger partial charge in [-0.3, -0.25) is 14.3 Å². The number of pyridine rings is 1. The first-order chi connectivity index (χ1) is 14.3. The lowest BCUT2D eigenvalue weighted by molar-refractivity contribution is 0.575. The Morgan fingerprint density at radius 1 is 0.966 bits per heavy atom. The number of unbranched alkanes of at least 4 members (excludes halogenated alkanes) is 2. The van der Waals surface area contributed by atoms with Gasteiger partial charge in [-0.25, -0.2) is 4.98 Å². The number of nitrogens with zero attached hydrogens (tertiary/aromatic N) is 3. The average Bonchev–Trinajstić information content (AvgIpc) is 2.76. The van der Waals surface area contributed by atoms with Gasteiger partial charge in [-0.15, -0.1) is 0 Å². The van der Waals surface area contributed by atoms with Gasteiger partial charge in [0.15, 0.2) is 0 Å². The first kappa shape index (κ1) is 20.7. The van der Waals surface area contributed by atoms with Gasteiger partial charge in [-0.05, 0) is 49.9 Å². The quantitative estimate of drug-likeness (QED) is 0.489. The molecule has 3 N–H and O–H groups in total. The lowest BCUT2D eigenvalue weighted by Gasteiger charge is -2.15. The maximum atomic E-state index is 12.8.